The van der Waals surface area contributed by atoms with E-state index in [0.717, 1.165) is 12.0 Å². The van der Waals surface area contributed by atoms with Crippen LogP contribution in [0.15, 0.2) is 39.7 Å². The van der Waals surface area contributed by atoms with Crippen LogP contribution in [0, 0.1) is 0 Å². The molecule has 0 aliphatic rings. The van der Waals surface area contributed by atoms with E-state index in [2.05, 4.69) is 15.6 Å². The van der Waals surface area contributed by atoms with Gasteiger partial charge in [0.15, 0.2) is 23.2 Å². The summed E-state index contributed by atoms with van der Waals surface area (Å²) in [6.07, 6.45) is 0.785. The van der Waals surface area contributed by atoms with Crippen LogP contribution in [0.5, 0.6) is 11.5 Å². The summed E-state index contributed by atoms with van der Waals surface area (Å²) < 4.78 is 15.9. The molecule has 0 saturated carbocycles. The second-order valence-corrected chi connectivity index (χ2v) is 5.42. The highest BCUT2D eigenvalue weighted by Gasteiger charge is 2.08. The molecular weight excluding hydrogens is 463 g/mol. The summed E-state index contributed by atoms with van der Waals surface area (Å²) >= 11 is 0. The molecule has 0 saturated heterocycles. The van der Waals surface area contributed by atoms with Gasteiger partial charge in [0.1, 0.15) is 5.76 Å². The van der Waals surface area contributed by atoms with E-state index in [0.29, 0.717) is 36.3 Å². The Hall–Kier alpha value is -2.43. The molecule has 9 heteroatoms. The van der Waals surface area contributed by atoms with Crippen LogP contribution in [-0.2, 0) is 13.0 Å². The van der Waals surface area contributed by atoms with Gasteiger partial charge in [-0.2, -0.15) is 0 Å². The highest BCUT2D eigenvalue weighted by atomic mass is 127. The molecule has 4 N–H and O–H groups in total. The number of ether oxygens (including phenoxy) is 2. The zero-order chi connectivity index (χ0) is 18.9. The summed E-state index contributed by atoms with van der Waals surface area (Å²) in [5.41, 5.74) is 6.28. The number of guanidine groups is 1. The molecule has 0 aliphatic heterocycles. The fourth-order valence-corrected chi connectivity index (χ4v) is 2.36. The molecule has 1 heterocycles. The van der Waals surface area contributed by atoms with Crippen molar-refractivity contribution in [3.63, 3.8) is 0 Å². The summed E-state index contributed by atoms with van der Waals surface area (Å²) in [5.74, 6) is 2.18. The lowest BCUT2D eigenvalue weighted by Crippen LogP contribution is -2.37. The van der Waals surface area contributed by atoms with E-state index in [-0.39, 0.29) is 29.7 Å². The van der Waals surface area contributed by atoms with Crippen LogP contribution in [0.1, 0.15) is 21.9 Å². The number of aliphatic imine (C=N–C) groups is 1. The third kappa shape index (κ3) is 6.66. The normalized spacial score (nSPS) is 10.7. The largest absolute Gasteiger partial charge is 0.493 e. The van der Waals surface area contributed by atoms with Crippen LogP contribution in [0.4, 0.5) is 0 Å². The van der Waals surface area contributed by atoms with Crippen LogP contribution in [0.25, 0.3) is 0 Å². The SMILES string of the molecule is CN=C(NCCc1ccc(OC)c(OC)c1)NCc1ccc(C(N)=O)o1.I. The predicted octanol–water partition coefficient (Wildman–Crippen LogP) is 1.92. The van der Waals surface area contributed by atoms with Crippen molar-refractivity contribution in [1.29, 1.82) is 0 Å². The second-order valence-electron chi connectivity index (χ2n) is 5.42. The lowest BCUT2D eigenvalue weighted by atomic mass is 10.1. The Morgan fingerprint density at radius 3 is 2.48 bits per heavy atom. The summed E-state index contributed by atoms with van der Waals surface area (Å²) in [5, 5.41) is 6.33. The Morgan fingerprint density at radius 1 is 1.15 bits per heavy atom. The number of primary amides is 1. The molecule has 0 spiro atoms. The molecule has 0 radical (unpaired) electrons. The van der Waals surface area contributed by atoms with Gasteiger partial charge in [0.25, 0.3) is 5.91 Å². The zero-order valence-corrected chi connectivity index (χ0v) is 17.9. The second kappa shape index (κ2) is 11.3. The summed E-state index contributed by atoms with van der Waals surface area (Å²) in [6, 6.07) is 9.07. The minimum absolute atomic E-state index is 0. The summed E-state index contributed by atoms with van der Waals surface area (Å²) in [6.45, 7) is 1.07. The van der Waals surface area contributed by atoms with Gasteiger partial charge in [-0.05, 0) is 36.2 Å². The predicted molar refractivity (Wildman–Crippen MR) is 114 cm³/mol. The van der Waals surface area contributed by atoms with Crippen molar-refractivity contribution < 1.29 is 18.7 Å². The fraction of sp³-hybridized carbons (Fsp3) is 0.333. The molecule has 1 aromatic heterocycles. The zero-order valence-electron chi connectivity index (χ0n) is 15.6. The average molecular weight is 488 g/mol. The number of hydrogen-bond donors (Lipinski definition) is 3. The van der Waals surface area contributed by atoms with E-state index >= 15 is 0 Å². The van der Waals surface area contributed by atoms with E-state index in [1.54, 1.807) is 33.4 Å². The number of nitrogens with two attached hydrogens (primary N) is 1. The van der Waals surface area contributed by atoms with Gasteiger partial charge in [-0.25, -0.2) is 0 Å². The topological polar surface area (TPSA) is 111 Å². The number of methoxy groups -OCH3 is 2. The molecule has 0 aliphatic carbocycles. The molecule has 2 rings (SSSR count). The van der Waals surface area contributed by atoms with Crippen LogP contribution < -0.4 is 25.8 Å². The molecule has 1 amide bonds. The summed E-state index contributed by atoms with van der Waals surface area (Å²) in [7, 11) is 4.91. The van der Waals surface area contributed by atoms with Gasteiger partial charge in [-0.15, -0.1) is 24.0 Å². The first-order valence-corrected chi connectivity index (χ1v) is 8.11. The smallest absolute Gasteiger partial charge is 0.284 e. The Labute approximate surface area is 175 Å². The summed E-state index contributed by atoms with van der Waals surface area (Å²) in [4.78, 5) is 15.2. The van der Waals surface area contributed by atoms with Crippen molar-refractivity contribution in [3.8, 4) is 11.5 Å². The van der Waals surface area contributed by atoms with E-state index in [1.165, 1.54) is 0 Å². The van der Waals surface area contributed by atoms with E-state index in [1.807, 2.05) is 18.2 Å². The minimum atomic E-state index is -0.589. The van der Waals surface area contributed by atoms with Gasteiger partial charge >= 0.3 is 0 Å². The first-order chi connectivity index (χ1) is 12.6. The number of carbonyl (C=O) groups excluding carboxylic acids is 1. The Balaban J connectivity index is 0.00000364. The standard InChI is InChI=1S/C18H24N4O4.HI/c1-20-18(22-11-13-5-7-15(26-13)17(19)23)21-9-8-12-4-6-14(24-2)16(10-12)25-3;/h4-7,10H,8-9,11H2,1-3H3,(H2,19,23)(H2,20,21,22);1H. The number of nitrogens with one attached hydrogen (secondary N) is 2. The lowest BCUT2D eigenvalue weighted by Gasteiger charge is -2.12. The highest BCUT2D eigenvalue weighted by molar-refractivity contribution is 14.0. The molecule has 2 aromatic rings. The number of carbonyl (C=O) groups is 1. The van der Waals surface area contributed by atoms with Crippen LogP contribution in [0.2, 0.25) is 0 Å². The molecule has 148 valence electrons. The Bertz CT molecular complexity index is 776. The quantitative estimate of drug-likeness (QED) is 0.298. The molecule has 1 aromatic carbocycles. The maximum Gasteiger partial charge on any atom is 0.284 e. The van der Waals surface area contributed by atoms with Crippen molar-refractivity contribution >= 4 is 35.8 Å². The third-order valence-corrected chi connectivity index (χ3v) is 3.71. The average Bonchev–Trinajstić information content (AvgIpc) is 3.13. The number of benzene rings is 1. The van der Waals surface area contributed by atoms with Crippen molar-refractivity contribution in [2.24, 2.45) is 10.7 Å². The number of nitrogens with zero attached hydrogens (tertiary/aromatic N) is 1. The molecule has 0 unspecified atom stereocenters. The number of amides is 1. The van der Waals surface area contributed by atoms with E-state index in [9.17, 15) is 4.79 Å². The Morgan fingerprint density at radius 2 is 1.89 bits per heavy atom. The van der Waals surface area contributed by atoms with E-state index in [4.69, 9.17) is 19.6 Å². The van der Waals surface area contributed by atoms with Crippen molar-refractivity contribution in [3.05, 3.63) is 47.4 Å². The minimum Gasteiger partial charge on any atom is -0.493 e. The number of hydrogen-bond acceptors (Lipinski definition) is 5. The Kier molecular flexibility index (Phi) is 9.48. The fourth-order valence-electron chi connectivity index (χ4n) is 2.36. The van der Waals surface area contributed by atoms with Gasteiger partial charge in [0.05, 0.1) is 20.8 Å². The van der Waals surface area contributed by atoms with Crippen molar-refractivity contribution in [1.82, 2.24) is 10.6 Å². The van der Waals surface area contributed by atoms with Crippen LogP contribution in [0.3, 0.4) is 0 Å². The molecular formula is C18H25IN4O4. The third-order valence-electron chi connectivity index (χ3n) is 3.71. The highest BCUT2D eigenvalue weighted by Crippen LogP contribution is 2.27. The van der Waals surface area contributed by atoms with Crippen LogP contribution in [-0.4, -0.2) is 39.7 Å². The maximum atomic E-state index is 11.0. The first-order valence-electron chi connectivity index (χ1n) is 8.11. The van der Waals surface area contributed by atoms with Gasteiger partial charge < -0.3 is 30.3 Å². The van der Waals surface area contributed by atoms with E-state index < -0.39 is 5.91 Å². The number of furan rings is 1. The molecule has 0 bridgehead atoms. The monoisotopic (exact) mass is 488 g/mol. The van der Waals surface area contributed by atoms with Gasteiger partial charge in [-0.1, -0.05) is 6.07 Å². The lowest BCUT2D eigenvalue weighted by molar-refractivity contribution is 0.0972. The van der Waals surface area contributed by atoms with Crippen molar-refractivity contribution in [2.45, 2.75) is 13.0 Å². The number of halogens is 1. The maximum absolute atomic E-state index is 11.0. The molecule has 27 heavy (non-hydrogen) atoms. The van der Waals surface area contributed by atoms with Gasteiger partial charge in [0, 0.05) is 13.6 Å². The number of rotatable bonds is 8. The van der Waals surface area contributed by atoms with Crippen LogP contribution >= 0.6 is 24.0 Å². The van der Waals surface area contributed by atoms with Crippen molar-refractivity contribution in [2.75, 3.05) is 27.8 Å². The molecule has 0 atom stereocenters. The molecule has 0 fully saturated rings. The first kappa shape index (κ1) is 22.6. The molecule has 8 nitrogen and oxygen atoms in total. The van der Waals surface area contributed by atoms with Gasteiger partial charge in [0.2, 0.25) is 0 Å². The van der Waals surface area contributed by atoms with Gasteiger partial charge in [-0.3, -0.25) is 9.79 Å².